The Kier molecular flexibility index (Phi) is 8.98. The quantitative estimate of drug-likeness (QED) is 0.640. The summed E-state index contributed by atoms with van der Waals surface area (Å²) in [5, 5.41) is 2.49. The van der Waals surface area contributed by atoms with Gasteiger partial charge in [-0.05, 0) is 6.92 Å². The number of methoxy groups -OCH3 is 2. The van der Waals surface area contributed by atoms with Crippen LogP contribution >= 0.6 is 0 Å². The third kappa shape index (κ3) is 7.68. The highest BCUT2D eigenvalue weighted by atomic mass is 19.3. The lowest BCUT2D eigenvalue weighted by Gasteiger charge is -2.29. The summed E-state index contributed by atoms with van der Waals surface area (Å²) in [6.07, 6.45) is -2.64. The Hall–Kier alpha value is -1.28. The van der Waals surface area contributed by atoms with E-state index in [4.69, 9.17) is 0 Å². The van der Waals surface area contributed by atoms with E-state index >= 15 is 0 Å². The van der Waals surface area contributed by atoms with E-state index in [0.29, 0.717) is 0 Å². The van der Waals surface area contributed by atoms with Crippen LogP contribution in [0.4, 0.5) is 8.78 Å². The van der Waals surface area contributed by atoms with E-state index in [-0.39, 0.29) is 25.7 Å². The highest BCUT2D eigenvalue weighted by Crippen LogP contribution is 2.05. The molecule has 0 aromatic rings. The molecule has 112 valence electrons. The molecule has 1 atom stereocenters. The average molecular weight is 282 g/mol. The molecule has 6 nitrogen and oxygen atoms in total. The van der Waals surface area contributed by atoms with E-state index < -0.39 is 24.9 Å². The van der Waals surface area contributed by atoms with Crippen molar-refractivity contribution in [3.63, 3.8) is 0 Å². The number of amides is 2. The largest absolute Gasteiger partial charge is 0.375 e. The van der Waals surface area contributed by atoms with E-state index in [1.807, 2.05) is 0 Å². The van der Waals surface area contributed by atoms with Gasteiger partial charge in [-0.3, -0.25) is 9.59 Å². The highest BCUT2D eigenvalue weighted by Gasteiger charge is 2.23. The zero-order valence-corrected chi connectivity index (χ0v) is 11.3. The topological polar surface area (TPSA) is 67.9 Å². The summed E-state index contributed by atoms with van der Waals surface area (Å²) >= 11 is 0. The van der Waals surface area contributed by atoms with E-state index in [1.165, 1.54) is 14.2 Å². The first-order chi connectivity index (χ1) is 8.92. The van der Waals surface area contributed by atoms with Crippen LogP contribution in [0.15, 0.2) is 0 Å². The Morgan fingerprint density at radius 2 is 1.79 bits per heavy atom. The molecule has 0 bridgehead atoms. The lowest BCUT2D eigenvalue weighted by atomic mass is 10.2. The van der Waals surface area contributed by atoms with Gasteiger partial charge in [0.05, 0.1) is 6.54 Å². The minimum atomic E-state index is -2.64. The predicted molar refractivity (Wildman–Crippen MR) is 63.9 cm³/mol. The summed E-state index contributed by atoms with van der Waals surface area (Å²) in [7, 11) is 2.68. The van der Waals surface area contributed by atoms with Crippen molar-refractivity contribution < 1.29 is 27.8 Å². The smallest absolute Gasteiger partial charge is 0.255 e. The van der Waals surface area contributed by atoms with Crippen molar-refractivity contribution in [1.82, 2.24) is 10.2 Å². The first kappa shape index (κ1) is 17.7. The van der Waals surface area contributed by atoms with Gasteiger partial charge in [-0.25, -0.2) is 8.78 Å². The second-order valence-electron chi connectivity index (χ2n) is 3.96. The lowest BCUT2D eigenvalue weighted by molar-refractivity contribution is -0.140. The number of nitrogens with one attached hydrogen (secondary N) is 1. The van der Waals surface area contributed by atoms with E-state index in [1.54, 1.807) is 6.92 Å². The van der Waals surface area contributed by atoms with Crippen LogP contribution in [0.1, 0.15) is 6.92 Å². The molecule has 0 aliphatic carbocycles. The third-order valence-electron chi connectivity index (χ3n) is 2.33. The van der Waals surface area contributed by atoms with Gasteiger partial charge in [-0.15, -0.1) is 0 Å². The van der Waals surface area contributed by atoms with Gasteiger partial charge >= 0.3 is 0 Å². The monoisotopic (exact) mass is 282 g/mol. The molecule has 0 aromatic heterocycles. The normalized spacial score (nSPS) is 12.3. The molecule has 0 aliphatic rings. The van der Waals surface area contributed by atoms with Crippen LogP contribution in [0.5, 0.6) is 0 Å². The number of halogens is 2. The Bertz CT molecular complexity index is 290. The molecule has 0 fully saturated rings. The maximum atomic E-state index is 12.4. The Labute approximate surface area is 111 Å². The maximum Gasteiger partial charge on any atom is 0.255 e. The highest BCUT2D eigenvalue weighted by molar-refractivity contribution is 5.78. The molecule has 0 spiro atoms. The molecule has 0 aliphatic heterocycles. The minimum absolute atomic E-state index is 0.0738. The van der Waals surface area contributed by atoms with Crippen LogP contribution in [0.25, 0.3) is 0 Å². The summed E-state index contributed by atoms with van der Waals surface area (Å²) in [6.45, 7) is 0.563. The minimum Gasteiger partial charge on any atom is -0.375 e. The number of nitrogens with zero attached hydrogens (tertiary/aromatic N) is 1. The molecule has 8 heteroatoms. The summed E-state index contributed by atoms with van der Waals surface area (Å²) in [5.41, 5.74) is 0. The number of alkyl halides is 2. The number of hydrogen-bond donors (Lipinski definition) is 1. The van der Waals surface area contributed by atoms with E-state index in [9.17, 15) is 18.4 Å². The van der Waals surface area contributed by atoms with Gasteiger partial charge in [0.15, 0.2) is 0 Å². The van der Waals surface area contributed by atoms with Crippen LogP contribution in [-0.4, -0.2) is 69.7 Å². The number of rotatable bonds is 9. The van der Waals surface area contributed by atoms with Crippen molar-refractivity contribution in [3.05, 3.63) is 0 Å². The van der Waals surface area contributed by atoms with Crippen molar-refractivity contribution in [3.8, 4) is 0 Å². The Balaban J connectivity index is 4.40. The van der Waals surface area contributed by atoms with Gasteiger partial charge in [-0.1, -0.05) is 0 Å². The SMILES string of the molecule is COCC(=O)NC[C@H](C)N(CC(F)F)C(=O)COC. The van der Waals surface area contributed by atoms with Crippen molar-refractivity contribution in [2.45, 2.75) is 19.4 Å². The van der Waals surface area contributed by atoms with Gasteiger partial charge in [0.2, 0.25) is 11.8 Å². The molecular weight excluding hydrogens is 262 g/mol. The predicted octanol–water partition coefficient (Wildman–Crippen LogP) is -0.122. The molecular formula is C11H20F2N2O4. The third-order valence-corrected chi connectivity index (χ3v) is 2.33. The molecule has 0 heterocycles. The number of carbonyl (C=O) groups is 2. The molecule has 1 N–H and O–H groups in total. The van der Waals surface area contributed by atoms with Crippen molar-refractivity contribution >= 4 is 11.8 Å². The zero-order chi connectivity index (χ0) is 14.8. The van der Waals surface area contributed by atoms with Gasteiger partial charge in [-0.2, -0.15) is 0 Å². The van der Waals surface area contributed by atoms with Gasteiger partial charge < -0.3 is 19.7 Å². The van der Waals surface area contributed by atoms with Crippen molar-refractivity contribution in [2.24, 2.45) is 0 Å². The zero-order valence-electron chi connectivity index (χ0n) is 11.3. The Morgan fingerprint density at radius 1 is 1.21 bits per heavy atom. The summed E-state index contributed by atoms with van der Waals surface area (Å²) in [6, 6.07) is -0.558. The molecule has 0 rings (SSSR count). The summed E-state index contributed by atoms with van der Waals surface area (Å²) in [5.74, 6) is -0.915. The van der Waals surface area contributed by atoms with Gasteiger partial charge in [0.1, 0.15) is 13.2 Å². The van der Waals surface area contributed by atoms with Crippen molar-refractivity contribution in [2.75, 3.05) is 40.5 Å². The van der Waals surface area contributed by atoms with E-state index in [0.717, 1.165) is 4.90 Å². The number of carbonyl (C=O) groups excluding carboxylic acids is 2. The van der Waals surface area contributed by atoms with Gasteiger partial charge in [0.25, 0.3) is 6.43 Å². The molecule has 0 aromatic carbocycles. The second kappa shape index (κ2) is 9.62. The van der Waals surface area contributed by atoms with Crippen LogP contribution < -0.4 is 5.32 Å². The van der Waals surface area contributed by atoms with E-state index in [2.05, 4.69) is 14.8 Å². The lowest BCUT2D eigenvalue weighted by Crippen LogP contribution is -2.48. The van der Waals surface area contributed by atoms with Crippen LogP contribution in [-0.2, 0) is 19.1 Å². The fourth-order valence-electron chi connectivity index (χ4n) is 1.44. The van der Waals surface area contributed by atoms with Crippen LogP contribution in [0.3, 0.4) is 0 Å². The molecule has 19 heavy (non-hydrogen) atoms. The Morgan fingerprint density at radius 3 is 2.26 bits per heavy atom. The fraction of sp³-hybridized carbons (Fsp3) is 0.818. The maximum absolute atomic E-state index is 12.4. The molecule has 0 saturated carbocycles. The fourth-order valence-corrected chi connectivity index (χ4v) is 1.44. The average Bonchev–Trinajstić information content (AvgIpc) is 2.33. The first-order valence-electron chi connectivity index (χ1n) is 5.74. The van der Waals surface area contributed by atoms with Crippen LogP contribution in [0, 0.1) is 0 Å². The van der Waals surface area contributed by atoms with Gasteiger partial charge in [0, 0.05) is 26.8 Å². The molecule has 0 radical (unpaired) electrons. The van der Waals surface area contributed by atoms with Crippen molar-refractivity contribution in [1.29, 1.82) is 0 Å². The van der Waals surface area contributed by atoms with Crippen LogP contribution in [0.2, 0.25) is 0 Å². The molecule has 0 saturated heterocycles. The number of ether oxygens (including phenoxy) is 2. The second-order valence-corrected chi connectivity index (χ2v) is 3.96. The molecule has 2 amide bonds. The number of hydrogen-bond acceptors (Lipinski definition) is 4. The molecule has 0 unspecified atom stereocenters. The first-order valence-corrected chi connectivity index (χ1v) is 5.74. The summed E-state index contributed by atoms with van der Waals surface area (Å²) in [4.78, 5) is 23.8. The standard InChI is InChI=1S/C11H20F2N2O4/c1-8(4-14-10(16)6-18-2)15(5-9(12)13)11(17)7-19-3/h8-9H,4-7H2,1-3H3,(H,14,16)/t8-/m0/s1. The summed E-state index contributed by atoms with van der Waals surface area (Å²) < 4.78 is 34.1.